The van der Waals surface area contributed by atoms with Gasteiger partial charge < -0.3 is 0 Å². The van der Waals surface area contributed by atoms with Crippen LogP contribution in [0.3, 0.4) is 0 Å². The van der Waals surface area contributed by atoms with Crippen LogP contribution >= 0.6 is 0 Å². The van der Waals surface area contributed by atoms with Crippen molar-refractivity contribution in [1.29, 1.82) is 0 Å². The van der Waals surface area contributed by atoms with Crippen LogP contribution in [0.5, 0.6) is 0 Å². The van der Waals surface area contributed by atoms with Crippen LogP contribution in [0.4, 0.5) is 0 Å². The fourth-order valence-corrected chi connectivity index (χ4v) is 2.22. The molecule has 0 saturated carbocycles. The van der Waals surface area contributed by atoms with Gasteiger partial charge in [0.05, 0.1) is 0 Å². The molecule has 0 rings (SSSR count). The van der Waals surface area contributed by atoms with Crippen molar-refractivity contribution in [3.8, 4) is 0 Å². The summed E-state index contributed by atoms with van der Waals surface area (Å²) in [5, 5.41) is 0. The van der Waals surface area contributed by atoms with Crippen LogP contribution in [0, 0.1) is 5.92 Å². The van der Waals surface area contributed by atoms with E-state index in [1.54, 1.807) is 0 Å². The summed E-state index contributed by atoms with van der Waals surface area (Å²) in [6.45, 7) is 6.95. The van der Waals surface area contributed by atoms with Crippen molar-refractivity contribution < 1.29 is 0 Å². The van der Waals surface area contributed by atoms with Gasteiger partial charge in [0.2, 0.25) is 0 Å². The highest BCUT2D eigenvalue weighted by Gasteiger charge is 1.95. The van der Waals surface area contributed by atoms with Crippen molar-refractivity contribution in [2.24, 2.45) is 5.92 Å². The lowest BCUT2D eigenvalue weighted by Crippen LogP contribution is -1.87. The normalized spacial score (nSPS) is 10.6. The molecule has 0 unspecified atom stereocenters. The van der Waals surface area contributed by atoms with Crippen LogP contribution in [0.2, 0.25) is 0 Å². The summed E-state index contributed by atoms with van der Waals surface area (Å²) in [5.74, 6) is 0.901. The predicted octanol–water partition coefficient (Wildman–Crippen LogP) is 4.89. The third-order valence-corrected chi connectivity index (χ3v) is 3.39. The standard InChI is InChI=1S/C16H34.H4Si/c1-4-5-6-7-8-9-10-11-12-13-14-15-16(2)3;/h16H,4-15H2,1-3H3;1H4. The molecule has 0 aliphatic carbocycles. The molecule has 0 aromatic rings. The van der Waals surface area contributed by atoms with E-state index < -0.39 is 0 Å². The van der Waals surface area contributed by atoms with Crippen molar-refractivity contribution in [2.45, 2.75) is 97.8 Å². The first-order valence-corrected chi connectivity index (χ1v) is 7.77. The van der Waals surface area contributed by atoms with Gasteiger partial charge in [-0.2, -0.15) is 0 Å². The summed E-state index contributed by atoms with van der Waals surface area (Å²) < 4.78 is 0. The Labute approximate surface area is 115 Å². The minimum atomic E-state index is 0. The average molecular weight is 259 g/mol. The van der Waals surface area contributed by atoms with E-state index >= 15 is 0 Å². The maximum atomic E-state index is 2.33. The summed E-state index contributed by atoms with van der Waals surface area (Å²) in [7, 11) is 0. The molecule has 106 valence electrons. The summed E-state index contributed by atoms with van der Waals surface area (Å²) in [6, 6.07) is 0. The molecule has 0 heterocycles. The largest absolute Gasteiger partial charge is 0.0654 e. The molecule has 0 bridgehead atoms. The molecule has 0 atom stereocenters. The zero-order chi connectivity index (χ0) is 12.1. The Morgan fingerprint density at radius 3 is 1.29 bits per heavy atom. The molecule has 0 aliphatic rings. The summed E-state index contributed by atoms with van der Waals surface area (Å²) in [5.41, 5.74) is 0. The van der Waals surface area contributed by atoms with Crippen molar-refractivity contribution >= 4 is 11.0 Å². The fourth-order valence-electron chi connectivity index (χ4n) is 2.22. The van der Waals surface area contributed by atoms with Crippen LogP contribution in [0.25, 0.3) is 0 Å². The molecular weight excluding hydrogens is 220 g/mol. The van der Waals surface area contributed by atoms with Crippen LogP contribution in [0.15, 0.2) is 0 Å². The second-order valence-corrected chi connectivity index (χ2v) is 5.72. The minimum absolute atomic E-state index is 0. The van der Waals surface area contributed by atoms with Gasteiger partial charge in [-0.1, -0.05) is 97.8 Å². The quantitative estimate of drug-likeness (QED) is 0.345. The second kappa shape index (κ2) is 16.2. The van der Waals surface area contributed by atoms with Gasteiger partial charge >= 0.3 is 0 Å². The monoisotopic (exact) mass is 258 g/mol. The summed E-state index contributed by atoms with van der Waals surface area (Å²) >= 11 is 0. The highest BCUT2D eigenvalue weighted by atomic mass is 28.1. The van der Waals surface area contributed by atoms with E-state index in [9.17, 15) is 0 Å². The molecule has 17 heavy (non-hydrogen) atoms. The molecule has 0 aromatic carbocycles. The van der Waals surface area contributed by atoms with Gasteiger partial charge in [0.15, 0.2) is 0 Å². The smallest absolute Gasteiger partial charge is 0.0149 e. The number of unbranched alkanes of at least 4 members (excludes halogenated alkanes) is 10. The highest BCUT2D eigenvalue weighted by Crippen LogP contribution is 2.13. The highest BCUT2D eigenvalue weighted by molar-refractivity contribution is 5.75. The van der Waals surface area contributed by atoms with Gasteiger partial charge in [-0.3, -0.25) is 0 Å². The van der Waals surface area contributed by atoms with Crippen molar-refractivity contribution in [3.63, 3.8) is 0 Å². The Morgan fingerprint density at radius 1 is 0.588 bits per heavy atom. The van der Waals surface area contributed by atoms with E-state index in [0.717, 1.165) is 5.92 Å². The van der Waals surface area contributed by atoms with Gasteiger partial charge in [-0.25, -0.2) is 0 Å². The SMILES string of the molecule is CCCCCCCCCCCCCC(C)C.[SiH4]. The van der Waals surface area contributed by atoms with E-state index in [2.05, 4.69) is 20.8 Å². The van der Waals surface area contributed by atoms with E-state index in [0.29, 0.717) is 0 Å². The molecule has 0 spiro atoms. The Morgan fingerprint density at radius 2 is 0.941 bits per heavy atom. The van der Waals surface area contributed by atoms with Crippen molar-refractivity contribution in [1.82, 2.24) is 0 Å². The van der Waals surface area contributed by atoms with E-state index in [1.807, 2.05) is 0 Å². The van der Waals surface area contributed by atoms with Crippen LogP contribution in [-0.4, -0.2) is 11.0 Å². The van der Waals surface area contributed by atoms with E-state index in [-0.39, 0.29) is 11.0 Å². The van der Waals surface area contributed by atoms with Crippen LogP contribution in [0.1, 0.15) is 97.8 Å². The zero-order valence-corrected chi connectivity index (χ0v) is 12.1. The molecule has 0 saturated heterocycles. The van der Waals surface area contributed by atoms with Crippen molar-refractivity contribution in [2.75, 3.05) is 0 Å². The molecule has 0 N–H and O–H groups in total. The number of rotatable bonds is 12. The third-order valence-electron chi connectivity index (χ3n) is 3.39. The predicted molar refractivity (Wildman–Crippen MR) is 87.3 cm³/mol. The molecule has 0 nitrogen and oxygen atoms in total. The Hall–Kier alpha value is 0.217. The number of hydrogen-bond donors (Lipinski definition) is 0. The van der Waals surface area contributed by atoms with Crippen LogP contribution < -0.4 is 0 Å². The zero-order valence-electron chi connectivity index (χ0n) is 12.1. The lowest BCUT2D eigenvalue weighted by Gasteiger charge is -2.04. The lowest BCUT2D eigenvalue weighted by molar-refractivity contribution is 0.504. The molecule has 0 amide bonds. The number of hydrogen-bond acceptors (Lipinski definition) is 0. The Kier molecular flexibility index (Phi) is 18.7. The minimum Gasteiger partial charge on any atom is -0.0654 e. The van der Waals surface area contributed by atoms with E-state index in [1.165, 1.54) is 77.0 Å². The Bertz CT molecular complexity index is 121. The van der Waals surface area contributed by atoms with Gasteiger partial charge in [-0.05, 0) is 16.9 Å². The first-order valence-electron chi connectivity index (χ1n) is 7.77. The molecule has 1 heteroatoms. The first-order chi connectivity index (χ1) is 7.77. The first kappa shape index (κ1) is 19.6. The topological polar surface area (TPSA) is 0 Å². The van der Waals surface area contributed by atoms with Crippen LogP contribution in [-0.2, 0) is 0 Å². The molecule has 0 aromatic heterocycles. The maximum absolute atomic E-state index is 2.33. The molecule has 0 aliphatic heterocycles. The van der Waals surface area contributed by atoms with Crippen molar-refractivity contribution in [3.05, 3.63) is 0 Å². The lowest BCUT2D eigenvalue weighted by atomic mass is 10.0. The molecular formula is C16H38Si. The molecule has 0 fully saturated rings. The molecule has 0 radical (unpaired) electrons. The summed E-state index contributed by atoms with van der Waals surface area (Å²) in [6.07, 6.45) is 17.5. The third kappa shape index (κ3) is 18.8. The van der Waals surface area contributed by atoms with Gasteiger partial charge in [0.1, 0.15) is 0 Å². The Balaban J connectivity index is 0. The average Bonchev–Trinajstić information content (AvgIpc) is 2.25. The van der Waals surface area contributed by atoms with Gasteiger partial charge in [0.25, 0.3) is 0 Å². The van der Waals surface area contributed by atoms with Gasteiger partial charge in [-0.15, -0.1) is 0 Å². The maximum Gasteiger partial charge on any atom is -0.0149 e. The summed E-state index contributed by atoms with van der Waals surface area (Å²) in [4.78, 5) is 0. The fraction of sp³-hybridized carbons (Fsp3) is 1.00. The second-order valence-electron chi connectivity index (χ2n) is 5.72. The van der Waals surface area contributed by atoms with Gasteiger partial charge in [0, 0.05) is 0 Å². The van der Waals surface area contributed by atoms with E-state index in [4.69, 9.17) is 0 Å².